The summed E-state index contributed by atoms with van der Waals surface area (Å²) in [5.41, 5.74) is 2.57. The number of methoxy groups -OCH3 is 1. The van der Waals surface area contributed by atoms with Crippen molar-refractivity contribution in [2.75, 3.05) is 45.3 Å². The number of guanidine groups is 1. The fourth-order valence-corrected chi connectivity index (χ4v) is 3.46. The minimum atomic E-state index is 0. The summed E-state index contributed by atoms with van der Waals surface area (Å²) < 4.78 is 10.9. The summed E-state index contributed by atoms with van der Waals surface area (Å²) in [7, 11) is 3.44. The van der Waals surface area contributed by atoms with Crippen molar-refractivity contribution in [1.82, 2.24) is 10.6 Å². The molecule has 3 rings (SSSR count). The molecule has 1 saturated heterocycles. The summed E-state index contributed by atoms with van der Waals surface area (Å²) in [6, 6.07) is 16.5. The molecule has 2 N–H and O–H groups in total. The summed E-state index contributed by atoms with van der Waals surface area (Å²) in [5, 5.41) is 6.77. The second-order valence-corrected chi connectivity index (χ2v) is 7.18. The number of hydrogen-bond donors (Lipinski definition) is 2. The SMILES string of the molecule is CN=C(NCCOc1ccc(OC)cc1)NC(C)c1cccc(N2CCCC2)c1.I. The van der Waals surface area contributed by atoms with E-state index in [1.54, 1.807) is 14.2 Å². The van der Waals surface area contributed by atoms with Crippen molar-refractivity contribution in [3.8, 4) is 11.5 Å². The first-order chi connectivity index (χ1) is 14.2. The molecule has 0 aromatic heterocycles. The zero-order chi connectivity index (χ0) is 20.5. The van der Waals surface area contributed by atoms with Gasteiger partial charge in [0.15, 0.2) is 5.96 Å². The Morgan fingerprint density at radius 2 is 1.80 bits per heavy atom. The van der Waals surface area contributed by atoms with E-state index in [0.29, 0.717) is 13.2 Å². The number of halogens is 1. The maximum absolute atomic E-state index is 5.76. The Morgan fingerprint density at radius 3 is 2.47 bits per heavy atom. The van der Waals surface area contributed by atoms with Gasteiger partial charge in [0.1, 0.15) is 18.1 Å². The molecule has 2 aromatic rings. The lowest BCUT2D eigenvalue weighted by atomic mass is 10.1. The zero-order valence-corrected chi connectivity index (χ0v) is 20.4. The van der Waals surface area contributed by atoms with Crippen LogP contribution < -0.4 is 25.0 Å². The highest BCUT2D eigenvalue weighted by Gasteiger charge is 2.14. The Hall–Kier alpha value is -2.16. The molecule has 1 atom stereocenters. The third kappa shape index (κ3) is 6.97. The van der Waals surface area contributed by atoms with Crippen molar-refractivity contribution in [1.29, 1.82) is 0 Å². The topological polar surface area (TPSA) is 58.1 Å². The van der Waals surface area contributed by atoms with Crippen molar-refractivity contribution in [3.63, 3.8) is 0 Å². The molecule has 30 heavy (non-hydrogen) atoms. The third-order valence-corrected chi connectivity index (χ3v) is 5.14. The lowest BCUT2D eigenvalue weighted by molar-refractivity contribution is 0.321. The van der Waals surface area contributed by atoms with Gasteiger partial charge in [-0.15, -0.1) is 24.0 Å². The molecule has 6 nitrogen and oxygen atoms in total. The maximum Gasteiger partial charge on any atom is 0.191 e. The van der Waals surface area contributed by atoms with Crippen LogP contribution in [0.15, 0.2) is 53.5 Å². The molecular weight excluding hydrogens is 491 g/mol. The number of ether oxygens (including phenoxy) is 2. The second-order valence-electron chi connectivity index (χ2n) is 7.18. The van der Waals surface area contributed by atoms with Crippen LogP contribution in [0.1, 0.15) is 31.4 Å². The number of rotatable bonds is 8. The molecule has 0 aliphatic carbocycles. The molecule has 7 heteroatoms. The Balaban J connectivity index is 0.00000320. The zero-order valence-electron chi connectivity index (χ0n) is 18.1. The quantitative estimate of drug-likeness (QED) is 0.235. The van der Waals surface area contributed by atoms with E-state index < -0.39 is 0 Å². The molecule has 1 aliphatic heterocycles. The van der Waals surface area contributed by atoms with Crippen LogP contribution in [0.25, 0.3) is 0 Å². The minimum Gasteiger partial charge on any atom is -0.497 e. The number of anilines is 1. The standard InChI is InChI=1S/C23H32N4O2.HI/c1-18(19-7-6-8-20(17-19)27-14-4-5-15-27)26-23(24-2)25-13-16-29-22-11-9-21(28-3)10-12-22;/h6-12,17-18H,4-5,13-16H2,1-3H3,(H2,24,25,26);1H. The lowest BCUT2D eigenvalue weighted by Crippen LogP contribution is -2.40. The van der Waals surface area contributed by atoms with Gasteiger partial charge in [-0.3, -0.25) is 4.99 Å². The number of benzene rings is 2. The Labute approximate surface area is 197 Å². The summed E-state index contributed by atoms with van der Waals surface area (Å²) >= 11 is 0. The van der Waals surface area contributed by atoms with Crippen LogP contribution in [-0.2, 0) is 0 Å². The largest absolute Gasteiger partial charge is 0.497 e. The van der Waals surface area contributed by atoms with Crippen molar-refractivity contribution in [2.45, 2.75) is 25.8 Å². The van der Waals surface area contributed by atoms with Gasteiger partial charge in [-0.25, -0.2) is 0 Å². The maximum atomic E-state index is 5.76. The molecule has 2 aromatic carbocycles. The smallest absolute Gasteiger partial charge is 0.191 e. The second kappa shape index (κ2) is 12.5. The fourth-order valence-electron chi connectivity index (χ4n) is 3.46. The lowest BCUT2D eigenvalue weighted by Gasteiger charge is -2.22. The normalized spacial score (nSPS) is 14.6. The van der Waals surface area contributed by atoms with Crippen molar-refractivity contribution in [3.05, 3.63) is 54.1 Å². The molecule has 0 amide bonds. The van der Waals surface area contributed by atoms with Crippen molar-refractivity contribution >= 4 is 35.6 Å². The molecule has 1 heterocycles. The Bertz CT molecular complexity index is 792. The predicted octanol–water partition coefficient (Wildman–Crippen LogP) is 4.22. The number of aliphatic imine (C=N–C) groups is 1. The average molecular weight is 524 g/mol. The van der Waals surface area contributed by atoms with Crippen LogP contribution >= 0.6 is 24.0 Å². The predicted molar refractivity (Wildman–Crippen MR) is 135 cm³/mol. The summed E-state index contributed by atoms with van der Waals surface area (Å²) in [6.45, 7) is 5.67. The van der Waals surface area contributed by atoms with Gasteiger partial charge in [-0.1, -0.05) is 12.1 Å². The van der Waals surface area contributed by atoms with E-state index in [9.17, 15) is 0 Å². The van der Waals surface area contributed by atoms with E-state index in [-0.39, 0.29) is 30.0 Å². The van der Waals surface area contributed by atoms with Gasteiger partial charge in [-0.05, 0) is 61.7 Å². The van der Waals surface area contributed by atoms with Gasteiger partial charge >= 0.3 is 0 Å². The first kappa shape index (κ1) is 24.1. The monoisotopic (exact) mass is 524 g/mol. The van der Waals surface area contributed by atoms with Crippen LogP contribution in [0, 0.1) is 0 Å². The first-order valence-corrected chi connectivity index (χ1v) is 10.3. The van der Waals surface area contributed by atoms with Gasteiger partial charge in [-0.2, -0.15) is 0 Å². The molecule has 0 spiro atoms. The highest BCUT2D eigenvalue weighted by atomic mass is 127. The van der Waals surface area contributed by atoms with E-state index in [2.05, 4.69) is 51.7 Å². The molecule has 1 unspecified atom stereocenters. The van der Waals surface area contributed by atoms with E-state index in [0.717, 1.165) is 30.5 Å². The molecule has 1 fully saturated rings. The van der Waals surface area contributed by atoms with Crippen molar-refractivity contribution in [2.24, 2.45) is 4.99 Å². The Kier molecular flexibility index (Phi) is 10.1. The fraction of sp³-hybridized carbons (Fsp3) is 0.435. The number of nitrogens with one attached hydrogen (secondary N) is 2. The first-order valence-electron chi connectivity index (χ1n) is 10.3. The highest BCUT2D eigenvalue weighted by molar-refractivity contribution is 14.0. The average Bonchev–Trinajstić information content (AvgIpc) is 3.31. The summed E-state index contributed by atoms with van der Waals surface area (Å²) in [5.74, 6) is 2.41. The Morgan fingerprint density at radius 1 is 1.10 bits per heavy atom. The molecule has 164 valence electrons. The van der Waals surface area contributed by atoms with E-state index in [4.69, 9.17) is 9.47 Å². The van der Waals surface area contributed by atoms with Gasteiger partial charge in [0, 0.05) is 25.8 Å². The van der Waals surface area contributed by atoms with Crippen LogP contribution in [-0.4, -0.2) is 46.4 Å². The number of hydrogen-bond acceptors (Lipinski definition) is 4. The van der Waals surface area contributed by atoms with Gasteiger partial charge in [0.2, 0.25) is 0 Å². The number of nitrogens with zero attached hydrogens (tertiary/aromatic N) is 2. The summed E-state index contributed by atoms with van der Waals surface area (Å²) in [6.07, 6.45) is 2.57. The van der Waals surface area contributed by atoms with E-state index >= 15 is 0 Å². The van der Waals surface area contributed by atoms with Crippen molar-refractivity contribution < 1.29 is 9.47 Å². The molecule has 0 bridgehead atoms. The minimum absolute atomic E-state index is 0. The van der Waals surface area contributed by atoms with E-state index in [1.165, 1.54) is 24.1 Å². The van der Waals surface area contributed by atoms with Gasteiger partial charge in [0.05, 0.1) is 19.7 Å². The summed E-state index contributed by atoms with van der Waals surface area (Å²) in [4.78, 5) is 6.79. The van der Waals surface area contributed by atoms with Gasteiger partial charge < -0.3 is 25.0 Å². The van der Waals surface area contributed by atoms with Gasteiger partial charge in [0.25, 0.3) is 0 Å². The van der Waals surface area contributed by atoms with E-state index in [1.807, 2.05) is 24.3 Å². The molecule has 0 radical (unpaired) electrons. The van der Waals surface area contributed by atoms with Crippen LogP contribution in [0.5, 0.6) is 11.5 Å². The molecule has 0 saturated carbocycles. The molecular formula is C23H33IN4O2. The van der Waals surface area contributed by atoms with Crippen LogP contribution in [0.3, 0.4) is 0 Å². The highest BCUT2D eigenvalue weighted by Crippen LogP contribution is 2.24. The molecule has 1 aliphatic rings. The van der Waals surface area contributed by atoms with Crippen LogP contribution in [0.4, 0.5) is 5.69 Å². The van der Waals surface area contributed by atoms with Crippen LogP contribution in [0.2, 0.25) is 0 Å². The third-order valence-electron chi connectivity index (χ3n) is 5.14.